The maximum atomic E-state index is 11.1. The van der Waals surface area contributed by atoms with Crippen LogP contribution >= 0.6 is 0 Å². The van der Waals surface area contributed by atoms with Crippen LogP contribution in [0, 0.1) is 20.9 Å². The maximum Gasteiger partial charge on any atom is 0.225 e. The molecule has 78 valence electrons. The van der Waals surface area contributed by atoms with E-state index in [1.165, 1.54) is 25.7 Å². The van der Waals surface area contributed by atoms with Crippen LogP contribution in [0.15, 0.2) is 0 Å². The SMILES string of the molecule is O=[N+]([O-])C1C23CCCCC12CCCC3. The summed E-state index contributed by atoms with van der Waals surface area (Å²) in [5.74, 6) is 0. The molecule has 0 spiro atoms. The first kappa shape index (κ1) is 8.69. The fourth-order valence-corrected chi connectivity index (χ4v) is 4.67. The molecule has 0 heterocycles. The molecule has 3 aliphatic rings. The van der Waals surface area contributed by atoms with Gasteiger partial charge in [-0.2, -0.15) is 0 Å². The minimum Gasteiger partial charge on any atom is -0.264 e. The average Bonchev–Trinajstić information content (AvgIpc) is 2.81. The first-order chi connectivity index (χ1) is 6.73. The molecule has 0 N–H and O–H groups in total. The van der Waals surface area contributed by atoms with Gasteiger partial charge in [-0.1, -0.05) is 25.7 Å². The monoisotopic (exact) mass is 195 g/mol. The second-order valence-corrected chi connectivity index (χ2v) is 5.41. The molecule has 3 heteroatoms. The summed E-state index contributed by atoms with van der Waals surface area (Å²) in [6, 6.07) is -0.167. The van der Waals surface area contributed by atoms with Crippen molar-refractivity contribution < 1.29 is 4.92 Å². The van der Waals surface area contributed by atoms with Crippen molar-refractivity contribution in [3.8, 4) is 0 Å². The minimum absolute atomic E-state index is 0.0383. The Labute approximate surface area is 84.0 Å². The number of nitrogens with zero attached hydrogens (tertiary/aromatic N) is 1. The van der Waals surface area contributed by atoms with E-state index in [4.69, 9.17) is 0 Å². The third-order valence-corrected chi connectivity index (χ3v) is 5.16. The van der Waals surface area contributed by atoms with Gasteiger partial charge >= 0.3 is 0 Å². The smallest absolute Gasteiger partial charge is 0.225 e. The van der Waals surface area contributed by atoms with Crippen LogP contribution in [0.1, 0.15) is 51.4 Å². The summed E-state index contributed by atoms with van der Waals surface area (Å²) in [7, 11) is 0. The Morgan fingerprint density at radius 2 is 1.29 bits per heavy atom. The van der Waals surface area contributed by atoms with Crippen LogP contribution in [0.3, 0.4) is 0 Å². The van der Waals surface area contributed by atoms with Crippen molar-refractivity contribution in [2.45, 2.75) is 57.4 Å². The largest absolute Gasteiger partial charge is 0.264 e. The van der Waals surface area contributed by atoms with Crippen LogP contribution in [0.4, 0.5) is 0 Å². The van der Waals surface area contributed by atoms with Crippen LogP contribution in [0.2, 0.25) is 0 Å². The molecule has 3 fully saturated rings. The van der Waals surface area contributed by atoms with Gasteiger partial charge in [-0.3, -0.25) is 10.1 Å². The van der Waals surface area contributed by atoms with Crippen LogP contribution in [0.25, 0.3) is 0 Å². The minimum atomic E-state index is -0.167. The molecule has 0 aliphatic heterocycles. The first-order valence-electron chi connectivity index (χ1n) is 5.86. The predicted octanol–water partition coefficient (Wildman–Crippen LogP) is 2.77. The zero-order valence-electron chi connectivity index (χ0n) is 8.50. The van der Waals surface area contributed by atoms with Crippen LogP contribution in [0.5, 0.6) is 0 Å². The molecule has 0 radical (unpaired) electrons. The van der Waals surface area contributed by atoms with Gasteiger partial charge in [0.15, 0.2) is 0 Å². The number of hydrogen-bond donors (Lipinski definition) is 0. The van der Waals surface area contributed by atoms with Crippen molar-refractivity contribution in [1.82, 2.24) is 0 Å². The molecule has 14 heavy (non-hydrogen) atoms. The van der Waals surface area contributed by atoms with Gasteiger partial charge in [-0.05, 0) is 25.7 Å². The van der Waals surface area contributed by atoms with E-state index in [9.17, 15) is 10.1 Å². The lowest BCUT2D eigenvalue weighted by Gasteiger charge is -2.31. The Hall–Kier alpha value is -0.600. The molecule has 0 unspecified atom stereocenters. The molecular weight excluding hydrogens is 178 g/mol. The normalized spacial score (nSPS) is 50.4. The zero-order chi connectivity index (χ0) is 9.81. The Morgan fingerprint density at radius 1 is 0.929 bits per heavy atom. The van der Waals surface area contributed by atoms with E-state index in [1.807, 2.05) is 0 Å². The van der Waals surface area contributed by atoms with Crippen molar-refractivity contribution in [3.63, 3.8) is 0 Å². The lowest BCUT2D eigenvalue weighted by Crippen LogP contribution is -2.22. The fourth-order valence-electron chi connectivity index (χ4n) is 4.67. The fraction of sp³-hybridized carbons (Fsp3) is 1.00. The lowest BCUT2D eigenvalue weighted by atomic mass is 9.71. The van der Waals surface area contributed by atoms with Gasteiger partial charge in [0.1, 0.15) is 0 Å². The Kier molecular flexibility index (Phi) is 1.55. The third-order valence-electron chi connectivity index (χ3n) is 5.16. The van der Waals surface area contributed by atoms with E-state index in [0.717, 1.165) is 25.7 Å². The molecular formula is C11H17NO2. The molecule has 0 aromatic heterocycles. The zero-order valence-corrected chi connectivity index (χ0v) is 8.50. The van der Waals surface area contributed by atoms with E-state index in [0.29, 0.717) is 0 Å². The van der Waals surface area contributed by atoms with Crippen LogP contribution < -0.4 is 0 Å². The third kappa shape index (κ3) is 0.755. The van der Waals surface area contributed by atoms with Gasteiger partial charge in [0.05, 0.1) is 10.8 Å². The molecule has 0 saturated heterocycles. The first-order valence-corrected chi connectivity index (χ1v) is 5.86. The predicted molar refractivity (Wildman–Crippen MR) is 52.6 cm³/mol. The summed E-state index contributed by atoms with van der Waals surface area (Å²) in [6.07, 6.45) is 9.46. The van der Waals surface area contributed by atoms with Gasteiger partial charge in [0, 0.05) is 4.92 Å². The molecule has 0 aromatic rings. The van der Waals surface area contributed by atoms with Crippen molar-refractivity contribution in [2.75, 3.05) is 0 Å². The molecule has 3 saturated carbocycles. The van der Waals surface area contributed by atoms with Gasteiger partial charge in [-0.15, -0.1) is 0 Å². The summed E-state index contributed by atoms with van der Waals surface area (Å²) >= 11 is 0. The molecule has 0 aromatic carbocycles. The second-order valence-electron chi connectivity index (χ2n) is 5.41. The quantitative estimate of drug-likeness (QED) is 0.477. The second kappa shape index (κ2) is 2.50. The lowest BCUT2D eigenvalue weighted by molar-refractivity contribution is -0.508. The van der Waals surface area contributed by atoms with E-state index >= 15 is 0 Å². The topological polar surface area (TPSA) is 43.1 Å². The number of rotatable bonds is 1. The summed E-state index contributed by atoms with van der Waals surface area (Å²) in [6.45, 7) is 0. The highest BCUT2D eigenvalue weighted by Crippen LogP contribution is 2.78. The maximum absolute atomic E-state index is 11.1. The van der Waals surface area contributed by atoms with E-state index < -0.39 is 0 Å². The Bertz CT molecular complexity index is 253. The van der Waals surface area contributed by atoms with Gasteiger partial charge in [0.25, 0.3) is 0 Å². The summed E-state index contributed by atoms with van der Waals surface area (Å²) < 4.78 is 0. The number of hydrogen-bond acceptors (Lipinski definition) is 2. The average molecular weight is 195 g/mol. The van der Waals surface area contributed by atoms with Crippen LogP contribution in [-0.2, 0) is 0 Å². The standard InChI is InChI=1S/C11H17NO2/c13-12(14)9-10-5-1-2-6-11(9,10)8-4-3-7-10/h9H,1-8H2. The summed E-state index contributed by atoms with van der Waals surface area (Å²) in [5, 5.41) is 11.1. The molecule has 0 bridgehead atoms. The molecule has 0 amide bonds. The van der Waals surface area contributed by atoms with E-state index in [1.54, 1.807) is 0 Å². The van der Waals surface area contributed by atoms with Crippen molar-refractivity contribution in [2.24, 2.45) is 10.8 Å². The van der Waals surface area contributed by atoms with Crippen molar-refractivity contribution in [1.29, 1.82) is 0 Å². The highest BCUT2D eigenvalue weighted by atomic mass is 16.6. The summed E-state index contributed by atoms with van der Waals surface area (Å²) in [5.41, 5.74) is 0.319. The van der Waals surface area contributed by atoms with Crippen molar-refractivity contribution >= 4 is 0 Å². The highest BCUT2D eigenvalue weighted by molar-refractivity contribution is 5.25. The van der Waals surface area contributed by atoms with Gasteiger partial charge in [-0.25, -0.2) is 0 Å². The van der Waals surface area contributed by atoms with Gasteiger partial charge in [0.2, 0.25) is 6.04 Å². The van der Waals surface area contributed by atoms with E-state index in [-0.39, 0.29) is 21.8 Å². The van der Waals surface area contributed by atoms with Gasteiger partial charge < -0.3 is 0 Å². The van der Waals surface area contributed by atoms with Crippen molar-refractivity contribution in [3.05, 3.63) is 10.1 Å². The molecule has 3 aliphatic carbocycles. The summed E-state index contributed by atoms with van der Waals surface area (Å²) in [4.78, 5) is 11.1. The molecule has 0 atom stereocenters. The van der Waals surface area contributed by atoms with E-state index in [2.05, 4.69) is 0 Å². The van der Waals surface area contributed by atoms with Crippen LogP contribution in [-0.4, -0.2) is 11.0 Å². The molecule has 3 rings (SSSR count). The Balaban J connectivity index is 1.97. The number of nitro groups is 1. The molecule has 3 nitrogen and oxygen atoms in total. The highest BCUT2D eigenvalue weighted by Gasteiger charge is 2.83. The Morgan fingerprint density at radius 3 is 1.57 bits per heavy atom.